The van der Waals surface area contributed by atoms with Crippen molar-refractivity contribution >= 4 is 11.4 Å². The third-order valence-electron chi connectivity index (χ3n) is 8.26. The fraction of sp³-hybridized carbons (Fsp3) is 0.760. The summed E-state index contributed by atoms with van der Waals surface area (Å²) in [6.45, 7) is 10.1. The Morgan fingerprint density at radius 1 is 0.900 bits per heavy atom. The summed E-state index contributed by atoms with van der Waals surface area (Å²) >= 11 is 0. The van der Waals surface area contributed by atoms with E-state index in [-0.39, 0.29) is 0 Å². The van der Waals surface area contributed by atoms with Gasteiger partial charge in [-0.1, -0.05) is 0 Å². The zero-order chi connectivity index (χ0) is 20.2. The van der Waals surface area contributed by atoms with Crippen LogP contribution in [-0.4, -0.2) is 63.4 Å². The van der Waals surface area contributed by atoms with Crippen LogP contribution in [0.25, 0.3) is 0 Å². The number of hydrogen-bond donors (Lipinski definition) is 3. The molecule has 4 aliphatic rings. The number of nitrogens with zero attached hydrogens (tertiary/aromatic N) is 2. The Morgan fingerprint density at radius 3 is 2.37 bits per heavy atom. The second kappa shape index (κ2) is 9.46. The maximum absolute atomic E-state index is 3.64. The van der Waals surface area contributed by atoms with Crippen LogP contribution >= 0.6 is 0 Å². The molecule has 0 radical (unpaired) electrons. The molecule has 4 fully saturated rings. The summed E-state index contributed by atoms with van der Waals surface area (Å²) in [7, 11) is 0. The van der Waals surface area contributed by atoms with Gasteiger partial charge in [-0.2, -0.15) is 0 Å². The van der Waals surface area contributed by atoms with Crippen molar-refractivity contribution in [3.05, 3.63) is 24.3 Å². The van der Waals surface area contributed by atoms with Gasteiger partial charge in [-0.3, -0.25) is 5.32 Å². The summed E-state index contributed by atoms with van der Waals surface area (Å²) in [4.78, 5) is 5.36. The summed E-state index contributed by atoms with van der Waals surface area (Å²) in [5.74, 6) is 0.885. The molecule has 4 heterocycles. The minimum absolute atomic E-state index is 0.440. The van der Waals surface area contributed by atoms with Gasteiger partial charge in [0.15, 0.2) is 0 Å². The van der Waals surface area contributed by atoms with Crippen LogP contribution in [0.3, 0.4) is 0 Å². The van der Waals surface area contributed by atoms with E-state index in [0.29, 0.717) is 11.6 Å². The minimum atomic E-state index is 0.440. The first-order chi connectivity index (χ1) is 14.8. The highest BCUT2D eigenvalue weighted by Gasteiger charge is 2.37. The Kier molecular flexibility index (Phi) is 6.49. The zero-order valence-electron chi connectivity index (χ0n) is 18.7. The molecule has 5 nitrogen and oxygen atoms in total. The molecule has 3 N–H and O–H groups in total. The zero-order valence-corrected chi connectivity index (χ0v) is 18.7. The lowest BCUT2D eigenvalue weighted by Gasteiger charge is -2.41. The molecule has 4 saturated heterocycles. The van der Waals surface area contributed by atoms with Crippen molar-refractivity contribution in [1.82, 2.24) is 15.5 Å². The van der Waals surface area contributed by atoms with Gasteiger partial charge < -0.3 is 20.4 Å². The van der Waals surface area contributed by atoms with Gasteiger partial charge in [0.1, 0.15) is 0 Å². The first kappa shape index (κ1) is 20.6. The van der Waals surface area contributed by atoms with Crippen molar-refractivity contribution in [2.24, 2.45) is 11.3 Å². The van der Waals surface area contributed by atoms with E-state index in [1.807, 2.05) is 0 Å². The van der Waals surface area contributed by atoms with Crippen molar-refractivity contribution in [3.8, 4) is 0 Å². The predicted octanol–water partition coefficient (Wildman–Crippen LogP) is 3.49. The topological polar surface area (TPSA) is 42.6 Å². The maximum Gasteiger partial charge on any atom is 0.0768 e. The largest absolute Gasteiger partial charge is 0.372 e. The van der Waals surface area contributed by atoms with E-state index in [1.54, 1.807) is 0 Å². The SMILES string of the molecule is c1cc(N2CCC(CN3CCC4(CCNC4)CC3)CC2)ccc1NC1CCCCN1. The number of rotatable bonds is 5. The predicted molar refractivity (Wildman–Crippen MR) is 126 cm³/mol. The van der Waals surface area contributed by atoms with E-state index in [1.165, 1.54) is 109 Å². The van der Waals surface area contributed by atoms with E-state index < -0.39 is 0 Å². The molecule has 1 spiro atoms. The summed E-state index contributed by atoms with van der Waals surface area (Å²) in [5, 5.41) is 10.8. The number of anilines is 2. The average Bonchev–Trinajstić information content (AvgIpc) is 3.25. The van der Waals surface area contributed by atoms with E-state index in [0.717, 1.165) is 12.5 Å². The number of hydrogen-bond acceptors (Lipinski definition) is 5. The van der Waals surface area contributed by atoms with Gasteiger partial charge in [0.2, 0.25) is 0 Å². The standard InChI is InChI=1S/C25H41N5/c1-2-13-27-24(3-1)28-22-4-6-23(7-5-22)30-15-8-21(9-16-30)19-29-17-11-25(12-18-29)10-14-26-20-25/h4-7,21,24,26-28H,1-3,8-20H2. The average molecular weight is 412 g/mol. The lowest BCUT2D eigenvalue weighted by Crippen LogP contribution is -2.45. The van der Waals surface area contributed by atoms with Crippen LogP contribution in [-0.2, 0) is 0 Å². The molecule has 0 aromatic heterocycles. The van der Waals surface area contributed by atoms with Gasteiger partial charge in [0.25, 0.3) is 0 Å². The van der Waals surface area contributed by atoms with Gasteiger partial charge in [0, 0.05) is 37.6 Å². The van der Waals surface area contributed by atoms with E-state index in [9.17, 15) is 0 Å². The monoisotopic (exact) mass is 411 g/mol. The molecule has 1 aromatic carbocycles. The Bertz CT molecular complexity index is 645. The molecule has 5 rings (SSSR count). The third kappa shape index (κ3) is 4.95. The number of likely N-dealkylation sites (tertiary alicyclic amines) is 1. The van der Waals surface area contributed by atoms with Crippen LogP contribution in [0.15, 0.2) is 24.3 Å². The van der Waals surface area contributed by atoms with Crippen LogP contribution in [0, 0.1) is 11.3 Å². The van der Waals surface area contributed by atoms with Crippen LogP contribution in [0.5, 0.6) is 0 Å². The van der Waals surface area contributed by atoms with Crippen molar-refractivity contribution < 1.29 is 0 Å². The highest BCUT2D eigenvalue weighted by atomic mass is 15.2. The summed E-state index contributed by atoms with van der Waals surface area (Å²) in [5.41, 5.74) is 3.28. The van der Waals surface area contributed by atoms with Crippen LogP contribution in [0.1, 0.15) is 51.4 Å². The van der Waals surface area contributed by atoms with Crippen molar-refractivity contribution in [3.63, 3.8) is 0 Å². The second-order valence-electron chi connectivity index (χ2n) is 10.4. The molecule has 5 heteroatoms. The van der Waals surface area contributed by atoms with E-state index in [4.69, 9.17) is 0 Å². The Morgan fingerprint density at radius 2 is 1.70 bits per heavy atom. The van der Waals surface area contributed by atoms with Crippen molar-refractivity contribution in [2.45, 2.75) is 57.5 Å². The maximum atomic E-state index is 3.64. The van der Waals surface area contributed by atoms with Gasteiger partial charge in [0.05, 0.1) is 6.17 Å². The fourth-order valence-electron chi connectivity index (χ4n) is 6.12. The number of nitrogens with one attached hydrogen (secondary N) is 3. The normalized spacial score (nSPS) is 28.1. The lowest BCUT2D eigenvalue weighted by molar-refractivity contribution is 0.100. The highest BCUT2D eigenvalue weighted by Crippen LogP contribution is 2.37. The Hall–Kier alpha value is -1.30. The van der Waals surface area contributed by atoms with E-state index in [2.05, 4.69) is 50.0 Å². The summed E-state index contributed by atoms with van der Waals surface area (Å²) in [6.07, 6.45) is 11.2. The molecule has 0 bridgehead atoms. The van der Waals surface area contributed by atoms with Gasteiger partial charge in [-0.15, -0.1) is 0 Å². The summed E-state index contributed by atoms with van der Waals surface area (Å²) < 4.78 is 0. The quantitative estimate of drug-likeness (QED) is 0.692. The Balaban J connectivity index is 1.05. The van der Waals surface area contributed by atoms with E-state index >= 15 is 0 Å². The molecule has 0 amide bonds. The number of benzene rings is 1. The van der Waals surface area contributed by atoms with Gasteiger partial charge in [-0.25, -0.2) is 0 Å². The molecule has 30 heavy (non-hydrogen) atoms. The van der Waals surface area contributed by atoms with Crippen LogP contribution in [0.4, 0.5) is 11.4 Å². The molecule has 4 aliphatic heterocycles. The molecular formula is C25H41N5. The van der Waals surface area contributed by atoms with Crippen LogP contribution in [0.2, 0.25) is 0 Å². The molecule has 166 valence electrons. The second-order valence-corrected chi connectivity index (χ2v) is 10.4. The molecular weight excluding hydrogens is 370 g/mol. The van der Waals surface area contributed by atoms with Crippen LogP contribution < -0.4 is 20.9 Å². The molecule has 1 unspecified atom stereocenters. The molecule has 1 atom stereocenters. The lowest BCUT2D eigenvalue weighted by atomic mass is 9.77. The van der Waals surface area contributed by atoms with Crippen molar-refractivity contribution in [2.75, 3.05) is 62.6 Å². The minimum Gasteiger partial charge on any atom is -0.372 e. The molecule has 0 saturated carbocycles. The first-order valence-electron chi connectivity index (χ1n) is 12.6. The summed E-state index contributed by atoms with van der Waals surface area (Å²) in [6, 6.07) is 9.15. The molecule has 1 aromatic rings. The number of piperidine rings is 3. The van der Waals surface area contributed by atoms with Gasteiger partial charge >= 0.3 is 0 Å². The Labute approximate surface area is 183 Å². The first-order valence-corrected chi connectivity index (χ1v) is 12.6. The fourth-order valence-corrected chi connectivity index (χ4v) is 6.12. The van der Waals surface area contributed by atoms with Gasteiger partial charge in [-0.05, 0) is 113 Å². The highest BCUT2D eigenvalue weighted by molar-refractivity contribution is 5.55. The third-order valence-corrected chi connectivity index (χ3v) is 8.26. The smallest absolute Gasteiger partial charge is 0.0768 e. The molecule has 0 aliphatic carbocycles. The van der Waals surface area contributed by atoms with Crippen molar-refractivity contribution in [1.29, 1.82) is 0 Å².